The number of piperidine rings is 1. The van der Waals surface area contributed by atoms with Crippen LogP contribution in [0.1, 0.15) is 63.9 Å². The van der Waals surface area contributed by atoms with E-state index in [2.05, 4.69) is 54.5 Å². The predicted octanol–water partition coefficient (Wildman–Crippen LogP) is 2.72. The summed E-state index contributed by atoms with van der Waals surface area (Å²) >= 11 is 3.36. The number of aliphatic hydroxyl groups is 1. The number of nitriles is 1. The van der Waals surface area contributed by atoms with Crippen molar-refractivity contribution in [3.05, 3.63) is 75.5 Å². The van der Waals surface area contributed by atoms with Gasteiger partial charge in [-0.1, -0.05) is 11.8 Å². The third-order valence-electron chi connectivity index (χ3n) is 9.21. The van der Waals surface area contributed by atoms with Gasteiger partial charge in [0.15, 0.2) is 0 Å². The molecule has 12 nitrogen and oxygen atoms in total. The van der Waals surface area contributed by atoms with Crippen molar-refractivity contribution in [2.75, 3.05) is 23.3 Å². The normalized spacial score (nSPS) is 21.7. The first-order valence-corrected chi connectivity index (χ1v) is 15.8. The summed E-state index contributed by atoms with van der Waals surface area (Å²) in [6.45, 7) is 1.29. The number of hydrogen-bond donors (Lipinski definition) is 3. The number of carbonyl (C=O) groups is 4. The van der Waals surface area contributed by atoms with E-state index in [-0.39, 0.29) is 41.7 Å². The minimum Gasteiger partial charge on any atom is -0.372 e. The Morgan fingerprint density at radius 1 is 1.11 bits per heavy atom. The third-order valence-corrected chi connectivity index (χ3v) is 9.87. The number of imide groups is 1. The summed E-state index contributed by atoms with van der Waals surface area (Å²) in [6, 6.07) is 11.5. The number of anilines is 2. The van der Waals surface area contributed by atoms with E-state index in [1.807, 2.05) is 0 Å². The maximum Gasteiger partial charge on any atom is 0.262 e. The Morgan fingerprint density at radius 3 is 2.59 bits per heavy atom. The smallest absolute Gasteiger partial charge is 0.262 e. The topological polar surface area (TPSA) is 161 Å². The molecule has 0 bridgehead atoms. The van der Waals surface area contributed by atoms with Crippen LogP contribution in [0.5, 0.6) is 0 Å². The van der Waals surface area contributed by atoms with E-state index in [0.717, 1.165) is 17.0 Å². The number of benzene rings is 2. The van der Waals surface area contributed by atoms with Crippen LogP contribution in [0.15, 0.2) is 53.3 Å². The highest BCUT2D eigenvalue weighted by Crippen LogP contribution is 2.40. The third kappa shape index (κ3) is 5.02. The molecular formula is C33H28BrN7O5. The Morgan fingerprint density at radius 2 is 1.89 bits per heavy atom. The quantitative estimate of drug-likeness (QED) is 0.274. The van der Waals surface area contributed by atoms with Crippen molar-refractivity contribution in [1.82, 2.24) is 20.0 Å². The molecule has 1 aromatic heterocycles. The van der Waals surface area contributed by atoms with E-state index in [1.54, 1.807) is 53.5 Å². The Bertz CT molecular complexity index is 1910. The Balaban J connectivity index is 0.984. The van der Waals surface area contributed by atoms with E-state index in [1.165, 1.54) is 0 Å². The maximum atomic E-state index is 13.4. The fraction of sp³-hybridized carbons (Fsp3) is 0.333. The number of carbonyl (C=O) groups excluding carboxylic acids is 4. The second-order valence-electron chi connectivity index (χ2n) is 12.0. The highest BCUT2D eigenvalue weighted by molar-refractivity contribution is 9.10. The van der Waals surface area contributed by atoms with Crippen molar-refractivity contribution in [1.29, 1.82) is 5.26 Å². The number of amides is 4. The summed E-state index contributed by atoms with van der Waals surface area (Å²) in [4.78, 5) is 54.3. The maximum absolute atomic E-state index is 13.4. The van der Waals surface area contributed by atoms with Gasteiger partial charge in [-0.05, 0) is 78.0 Å². The molecule has 232 valence electrons. The van der Waals surface area contributed by atoms with Gasteiger partial charge in [0.25, 0.3) is 17.7 Å². The number of halogens is 1. The fourth-order valence-corrected chi connectivity index (χ4v) is 6.84. The average molecular weight is 683 g/mol. The molecule has 4 amide bonds. The molecule has 3 aliphatic heterocycles. The molecule has 7 rings (SSSR count). The summed E-state index contributed by atoms with van der Waals surface area (Å²) in [5.74, 6) is 5.13. The van der Waals surface area contributed by atoms with Crippen LogP contribution in [0.25, 0.3) is 0 Å². The summed E-state index contributed by atoms with van der Waals surface area (Å²) in [5, 5.41) is 29.3. The second-order valence-corrected chi connectivity index (χ2v) is 12.9. The van der Waals surface area contributed by atoms with Crippen molar-refractivity contribution in [2.45, 2.75) is 49.9 Å². The van der Waals surface area contributed by atoms with Gasteiger partial charge in [0, 0.05) is 41.6 Å². The van der Waals surface area contributed by atoms with Gasteiger partial charge in [-0.3, -0.25) is 28.8 Å². The number of fused-ring (bicyclic) bond motifs is 1. The molecule has 0 radical (unpaired) electrons. The van der Waals surface area contributed by atoms with E-state index in [9.17, 15) is 24.3 Å². The number of nitrogens with zero attached hydrogens (tertiary/aromatic N) is 5. The van der Waals surface area contributed by atoms with Crippen molar-refractivity contribution >= 4 is 50.9 Å². The number of aliphatic hydroxyl groups excluding tert-OH is 1. The van der Waals surface area contributed by atoms with Gasteiger partial charge in [-0.15, -0.1) is 0 Å². The van der Waals surface area contributed by atoms with Gasteiger partial charge in [0.1, 0.15) is 17.8 Å². The van der Waals surface area contributed by atoms with Gasteiger partial charge >= 0.3 is 0 Å². The van der Waals surface area contributed by atoms with E-state index in [0.29, 0.717) is 47.2 Å². The van der Waals surface area contributed by atoms with E-state index >= 15 is 0 Å². The molecule has 2 saturated heterocycles. The van der Waals surface area contributed by atoms with Crippen LogP contribution in [0.2, 0.25) is 0 Å². The fourth-order valence-electron chi connectivity index (χ4n) is 6.38. The second kappa shape index (κ2) is 11.4. The molecule has 2 aromatic carbocycles. The molecule has 2 atom stereocenters. The summed E-state index contributed by atoms with van der Waals surface area (Å²) < 4.78 is 2.31. The molecule has 46 heavy (non-hydrogen) atoms. The molecule has 3 aromatic rings. The zero-order chi connectivity index (χ0) is 32.2. The lowest BCUT2D eigenvalue weighted by atomic mass is 9.76. The Labute approximate surface area is 272 Å². The van der Waals surface area contributed by atoms with Gasteiger partial charge in [-0.2, -0.15) is 10.4 Å². The van der Waals surface area contributed by atoms with Crippen LogP contribution in [0, 0.1) is 29.1 Å². The Kier molecular flexibility index (Phi) is 7.38. The average Bonchev–Trinajstić information content (AvgIpc) is 3.54. The first kappa shape index (κ1) is 29.7. The van der Waals surface area contributed by atoms with Gasteiger partial charge in [-0.25, -0.2) is 0 Å². The number of nitrogens with one attached hydrogen (secondary N) is 2. The van der Waals surface area contributed by atoms with Crippen LogP contribution in [-0.4, -0.2) is 68.8 Å². The van der Waals surface area contributed by atoms with Crippen LogP contribution in [0.3, 0.4) is 0 Å². The molecule has 4 aliphatic rings. The number of hydrogen-bond acceptors (Lipinski definition) is 8. The molecule has 1 aliphatic carbocycles. The summed E-state index contributed by atoms with van der Waals surface area (Å²) in [6.07, 6.45) is 4.74. The van der Waals surface area contributed by atoms with Crippen LogP contribution >= 0.6 is 15.9 Å². The van der Waals surface area contributed by atoms with Crippen LogP contribution < -0.4 is 15.5 Å². The van der Waals surface area contributed by atoms with Gasteiger partial charge in [0.05, 0.1) is 40.4 Å². The molecular weight excluding hydrogens is 654 g/mol. The highest BCUT2D eigenvalue weighted by Gasteiger charge is 2.47. The van der Waals surface area contributed by atoms with Crippen LogP contribution in [0.4, 0.5) is 11.4 Å². The van der Waals surface area contributed by atoms with Gasteiger partial charge in [0.2, 0.25) is 5.91 Å². The number of aromatic nitrogens is 2. The Hall–Kier alpha value is -4.98. The molecule has 3 N–H and O–H groups in total. The molecule has 13 heteroatoms. The first-order valence-electron chi connectivity index (χ1n) is 15.0. The zero-order valence-electron chi connectivity index (χ0n) is 24.5. The largest absolute Gasteiger partial charge is 0.372 e. The molecule has 0 spiro atoms. The minimum absolute atomic E-state index is 0.0854. The highest BCUT2D eigenvalue weighted by atomic mass is 79.9. The molecule has 2 unspecified atom stereocenters. The lowest BCUT2D eigenvalue weighted by Crippen LogP contribution is -2.57. The van der Waals surface area contributed by atoms with Crippen molar-refractivity contribution in [3.8, 4) is 17.9 Å². The van der Waals surface area contributed by atoms with Crippen molar-refractivity contribution in [3.63, 3.8) is 0 Å². The van der Waals surface area contributed by atoms with Crippen molar-refractivity contribution < 1.29 is 24.3 Å². The van der Waals surface area contributed by atoms with E-state index < -0.39 is 29.6 Å². The minimum atomic E-state index is -1.29. The molecule has 3 fully saturated rings. The SMILES string of the molecule is N#Cc1ccc(NC(=O)C2(n3cc(C#CC4CN(c5ccc6c(c5)C(=O)N(C5CCC(=O)NC5O)C6=O)C4)cn3)CCC2)cc1Br. The predicted molar refractivity (Wildman–Crippen MR) is 168 cm³/mol. The van der Waals surface area contributed by atoms with Gasteiger partial charge < -0.3 is 20.6 Å². The summed E-state index contributed by atoms with van der Waals surface area (Å²) in [5.41, 5.74) is 2.38. The first-order chi connectivity index (χ1) is 22.2. The van der Waals surface area contributed by atoms with Crippen molar-refractivity contribution in [2.24, 2.45) is 5.92 Å². The molecule has 1 saturated carbocycles. The lowest BCUT2D eigenvalue weighted by Gasteiger charge is -2.40. The zero-order valence-corrected chi connectivity index (χ0v) is 26.1. The summed E-state index contributed by atoms with van der Waals surface area (Å²) in [7, 11) is 0. The lowest BCUT2D eigenvalue weighted by molar-refractivity contribution is -0.130. The standard InChI is InChI=1S/C33H28BrN7O5/c34-26-12-22(5-4-21(26)14-35)37-32(46)33(10-1-11-33)40-18-19(15-36-40)2-3-20-16-39(17-20)23-6-7-24-25(13-23)31(45)41(30(24)44)27-8-9-28(42)38-29(27)43/h4-7,12-13,15,18,20,27,29,43H,1,8-11,16-17H2,(H,37,46)(H,38,42). The van der Waals surface area contributed by atoms with E-state index in [4.69, 9.17) is 5.26 Å². The monoisotopic (exact) mass is 681 g/mol. The molecule has 4 heterocycles. The van der Waals surface area contributed by atoms with Crippen LogP contribution in [-0.2, 0) is 15.1 Å². The number of rotatable bonds is 5.